The number of benzene rings is 1. The number of aliphatic hydroxyl groups is 2. The van der Waals surface area contributed by atoms with E-state index in [9.17, 15) is 15.0 Å². The smallest absolute Gasteiger partial charge is 0.223 e. The van der Waals surface area contributed by atoms with E-state index < -0.39 is 12.2 Å². The van der Waals surface area contributed by atoms with Gasteiger partial charge in [0.1, 0.15) is 5.52 Å². The number of rotatable bonds is 4. The Bertz CT molecular complexity index is 800. The number of halogens is 1. The van der Waals surface area contributed by atoms with Crippen LogP contribution < -0.4 is 10.6 Å². The van der Waals surface area contributed by atoms with Crippen LogP contribution in [0.3, 0.4) is 0 Å². The highest BCUT2D eigenvalue weighted by molar-refractivity contribution is 5.85. The fraction of sp³-hybridized carbons (Fsp3) is 0.611. The minimum Gasteiger partial charge on any atom is -0.390 e. The van der Waals surface area contributed by atoms with Gasteiger partial charge in [-0.1, -0.05) is 24.3 Å². The van der Waals surface area contributed by atoms with E-state index in [4.69, 9.17) is 0 Å². The second-order valence-corrected chi connectivity index (χ2v) is 7.44. The van der Waals surface area contributed by atoms with Crippen LogP contribution in [0.2, 0.25) is 0 Å². The van der Waals surface area contributed by atoms with E-state index in [1.807, 2.05) is 31.2 Å². The van der Waals surface area contributed by atoms with Crippen molar-refractivity contribution >= 4 is 29.3 Å². The number of fused-ring (bicyclic) bond motifs is 2. The Morgan fingerprint density at radius 1 is 1.26 bits per heavy atom. The third-order valence-electron chi connectivity index (χ3n) is 6.01. The van der Waals surface area contributed by atoms with E-state index in [1.54, 1.807) is 4.68 Å². The van der Waals surface area contributed by atoms with Gasteiger partial charge in [-0.2, -0.15) is 0 Å². The van der Waals surface area contributed by atoms with Crippen LogP contribution in [0.4, 0.5) is 0 Å². The highest BCUT2D eigenvalue weighted by Crippen LogP contribution is 2.41. The van der Waals surface area contributed by atoms with Crippen molar-refractivity contribution in [1.29, 1.82) is 0 Å². The summed E-state index contributed by atoms with van der Waals surface area (Å²) in [6.45, 7) is 4.16. The van der Waals surface area contributed by atoms with Gasteiger partial charge in [-0.3, -0.25) is 4.79 Å². The Morgan fingerprint density at radius 2 is 2.00 bits per heavy atom. The maximum Gasteiger partial charge on any atom is 0.223 e. The first-order chi connectivity index (χ1) is 12.6. The quantitative estimate of drug-likeness (QED) is 0.570. The molecule has 2 aliphatic rings. The summed E-state index contributed by atoms with van der Waals surface area (Å²) < 4.78 is 1.78. The topological polar surface area (TPSA) is 112 Å². The van der Waals surface area contributed by atoms with Gasteiger partial charge in [0.05, 0.1) is 24.3 Å². The number of aromatic nitrogens is 3. The molecule has 6 atom stereocenters. The number of nitrogens with one attached hydrogen (secondary N) is 2. The molecule has 0 radical (unpaired) electrons. The number of amides is 1. The second-order valence-electron chi connectivity index (χ2n) is 7.44. The molecular weight excluding hydrogens is 370 g/mol. The molecule has 1 aromatic carbocycles. The summed E-state index contributed by atoms with van der Waals surface area (Å²) in [7, 11) is 0. The fourth-order valence-electron chi connectivity index (χ4n) is 4.57. The number of hydrogen-bond acceptors (Lipinski definition) is 6. The lowest BCUT2D eigenvalue weighted by molar-refractivity contribution is -0.145. The summed E-state index contributed by atoms with van der Waals surface area (Å²) in [5.41, 5.74) is 1.77. The van der Waals surface area contributed by atoms with Crippen molar-refractivity contribution in [3.63, 3.8) is 0 Å². The fourth-order valence-corrected chi connectivity index (χ4v) is 4.57. The molecule has 148 valence electrons. The molecule has 1 aliphatic heterocycles. The van der Waals surface area contributed by atoms with E-state index in [1.165, 1.54) is 0 Å². The molecule has 1 saturated carbocycles. The maximum absolute atomic E-state index is 12.8. The molecule has 1 amide bonds. The Labute approximate surface area is 163 Å². The Balaban J connectivity index is 0.00000210. The van der Waals surface area contributed by atoms with Crippen LogP contribution in [0.1, 0.15) is 6.92 Å². The minimum atomic E-state index is -0.869. The standard InChI is InChI=1S/C18H25N5O3.ClH/c1-10-15(11-8-19-9-12(11)17(25)16(10)24)18(26)20-6-7-23-14-5-3-2-4-13(14)21-22-23;/h2-5,10-12,15-17,19,24-25H,6-9H2,1H3,(H,20,26);1H/t10-,11+,12+,15+,16+,17+;/m1./s1. The van der Waals surface area contributed by atoms with Crippen LogP contribution >= 0.6 is 12.4 Å². The van der Waals surface area contributed by atoms with Gasteiger partial charge in [-0.25, -0.2) is 4.68 Å². The Kier molecular flexibility index (Phi) is 6.00. The van der Waals surface area contributed by atoms with Gasteiger partial charge in [0.25, 0.3) is 0 Å². The number of aliphatic hydroxyl groups excluding tert-OH is 2. The van der Waals surface area contributed by atoms with E-state index >= 15 is 0 Å². The first-order valence-corrected chi connectivity index (χ1v) is 9.20. The second kappa shape index (κ2) is 8.10. The summed E-state index contributed by atoms with van der Waals surface area (Å²) >= 11 is 0. The van der Waals surface area contributed by atoms with Crippen LogP contribution in [-0.2, 0) is 11.3 Å². The highest BCUT2D eigenvalue weighted by Gasteiger charge is 2.52. The highest BCUT2D eigenvalue weighted by atomic mass is 35.5. The predicted octanol–water partition coefficient (Wildman–Crippen LogP) is -0.207. The zero-order valence-corrected chi connectivity index (χ0v) is 16.0. The van der Waals surface area contributed by atoms with Crippen molar-refractivity contribution < 1.29 is 15.0 Å². The lowest BCUT2D eigenvalue weighted by Crippen LogP contribution is -2.55. The Hall–Kier alpha value is -1.74. The van der Waals surface area contributed by atoms with Crippen LogP contribution in [0, 0.1) is 23.7 Å². The van der Waals surface area contributed by atoms with Crippen molar-refractivity contribution in [1.82, 2.24) is 25.6 Å². The molecule has 2 fully saturated rings. The number of carbonyl (C=O) groups is 1. The zero-order valence-electron chi connectivity index (χ0n) is 15.2. The largest absolute Gasteiger partial charge is 0.390 e. The van der Waals surface area contributed by atoms with Crippen molar-refractivity contribution in [2.45, 2.75) is 25.7 Å². The van der Waals surface area contributed by atoms with Gasteiger partial charge < -0.3 is 20.8 Å². The molecule has 9 heteroatoms. The van der Waals surface area contributed by atoms with Crippen LogP contribution in [-0.4, -0.2) is 63.0 Å². The zero-order chi connectivity index (χ0) is 18.3. The lowest BCUT2D eigenvalue weighted by Gasteiger charge is -2.43. The van der Waals surface area contributed by atoms with Crippen LogP contribution in [0.5, 0.6) is 0 Å². The summed E-state index contributed by atoms with van der Waals surface area (Å²) in [6.07, 6.45) is -1.64. The minimum absolute atomic E-state index is 0. The molecule has 1 aliphatic carbocycles. The molecule has 27 heavy (non-hydrogen) atoms. The van der Waals surface area contributed by atoms with E-state index in [0.717, 1.165) is 11.0 Å². The first-order valence-electron chi connectivity index (χ1n) is 9.20. The van der Waals surface area contributed by atoms with E-state index in [-0.39, 0.29) is 42.0 Å². The van der Waals surface area contributed by atoms with Crippen LogP contribution in [0.15, 0.2) is 24.3 Å². The van der Waals surface area contributed by atoms with Crippen LogP contribution in [0.25, 0.3) is 11.0 Å². The number of carbonyl (C=O) groups excluding carboxylic acids is 1. The van der Waals surface area contributed by atoms with Crippen molar-refractivity contribution in [2.75, 3.05) is 19.6 Å². The molecular formula is C18H26ClN5O3. The third-order valence-corrected chi connectivity index (χ3v) is 6.01. The Morgan fingerprint density at radius 3 is 2.81 bits per heavy atom. The van der Waals surface area contributed by atoms with Gasteiger partial charge in [0.2, 0.25) is 5.91 Å². The number of hydrogen-bond donors (Lipinski definition) is 4. The molecule has 2 heterocycles. The molecule has 0 unspecified atom stereocenters. The third kappa shape index (κ3) is 3.54. The molecule has 4 N–H and O–H groups in total. The molecule has 8 nitrogen and oxygen atoms in total. The molecule has 4 rings (SSSR count). The summed E-state index contributed by atoms with van der Waals surface area (Å²) in [5.74, 6) is -0.669. The maximum atomic E-state index is 12.8. The summed E-state index contributed by atoms with van der Waals surface area (Å²) in [4.78, 5) is 12.8. The van der Waals surface area contributed by atoms with E-state index in [0.29, 0.717) is 26.2 Å². The lowest BCUT2D eigenvalue weighted by atomic mass is 9.65. The predicted molar refractivity (Wildman–Crippen MR) is 102 cm³/mol. The molecule has 0 spiro atoms. The molecule has 2 aromatic rings. The van der Waals surface area contributed by atoms with Gasteiger partial charge >= 0.3 is 0 Å². The number of nitrogens with zero attached hydrogens (tertiary/aromatic N) is 3. The van der Waals surface area contributed by atoms with Crippen molar-refractivity contribution in [2.24, 2.45) is 23.7 Å². The SMILES string of the molecule is C[C@H]1[C@H](O)[C@@H](O)[C@H]2CNC[C@@H]2[C@H]1C(=O)NCCn1nnc2ccccc21.Cl. The average Bonchev–Trinajstić information content (AvgIpc) is 3.28. The molecule has 1 aromatic heterocycles. The molecule has 0 bridgehead atoms. The first kappa shape index (κ1) is 20.0. The average molecular weight is 396 g/mol. The van der Waals surface area contributed by atoms with Gasteiger partial charge in [-0.05, 0) is 30.5 Å². The monoisotopic (exact) mass is 395 g/mol. The normalized spacial score (nSPS) is 32.7. The van der Waals surface area contributed by atoms with Gasteiger partial charge in [0.15, 0.2) is 0 Å². The van der Waals surface area contributed by atoms with E-state index in [2.05, 4.69) is 20.9 Å². The summed E-state index contributed by atoms with van der Waals surface area (Å²) in [5, 5.41) is 35.1. The van der Waals surface area contributed by atoms with Gasteiger partial charge in [0, 0.05) is 24.9 Å². The van der Waals surface area contributed by atoms with Crippen molar-refractivity contribution in [3.05, 3.63) is 24.3 Å². The van der Waals surface area contributed by atoms with Crippen molar-refractivity contribution in [3.8, 4) is 0 Å². The van der Waals surface area contributed by atoms with Gasteiger partial charge in [-0.15, -0.1) is 17.5 Å². The molecule has 1 saturated heterocycles. The number of para-hydroxylation sites is 1. The summed E-state index contributed by atoms with van der Waals surface area (Å²) in [6, 6.07) is 7.71.